The molecule has 0 bridgehead atoms. The molecule has 2 aliphatic carbocycles. The molecule has 0 amide bonds. The van der Waals surface area contributed by atoms with Gasteiger partial charge in [0.15, 0.2) is 23.1 Å². The Morgan fingerprint density at radius 2 is 0.688 bits per heavy atom. The summed E-state index contributed by atoms with van der Waals surface area (Å²) in [6, 6.07) is 13.5. The normalized spacial score (nSPS) is 17.1. The van der Waals surface area contributed by atoms with E-state index in [0.29, 0.717) is 32.6 Å². The number of benzene rings is 2. The lowest BCUT2D eigenvalue weighted by atomic mass is 9.79. The Balaban J connectivity index is 2.17. The Labute approximate surface area is 190 Å². The quantitative estimate of drug-likeness (QED) is 0.570. The van der Waals surface area contributed by atoms with Gasteiger partial charge in [-0.15, -0.1) is 0 Å². The minimum Gasteiger partial charge on any atom is -0.289 e. The third-order valence-corrected chi connectivity index (χ3v) is 9.95. The van der Waals surface area contributed by atoms with E-state index in [0.717, 1.165) is 0 Å². The van der Waals surface area contributed by atoms with Crippen molar-refractivity contribution in [3.63, 3.8) is 0 Å². The molecule has 4 nitrogen and oxygen atoms in total. The van der Waals surface area contributed by atoms with Gasteiger partial charge >= 0.3 is 0 Å². The van der Waals surface area contributed by atoms with Crippen molar-refractivity contribution >= 4 is 39.3 Å². The number of carbonyl (C=O) groups excluding carboxylic acids is 4. The second-order valence-corrected chi connectivity index (χ2v) is 20.4. The van der Waals surface area contributed by atoms with Crippen LogP contribution in [0.4, 0.5) is 0 Å². The summed E-state index contributed by atoms with van der Waals surface area (Å²) in [6.07, 6.45) is 0. The Hall–Kier alpha value is -2.97. The Bertz CT molecular complexity index is 1200. The summed E-state index contributed by atoms with van der Waals surface area (Å²) >= 11 is 0. The van der Waals surface area contributed by atoms with Gasteiger partial charge in [-0.25, -0.2) is 0 Å². The van der Waals surface area contributed by atoms with Crippen LogP contribution in [0.25, 0.3) is 0 Å². The summed E-state index contributed by atoms with van der Waals surface area (Å²) in [7, 11) is -4.76. The van der Waals surface area contributed by atoms with Gasteiger partial charge in [-0.05, 0) is 10.4 Å². The van der Waals surface area contributed by atoms with Crippen molar-refractivity contribution in [1.82, 2.24) is 0 Å². The van der Waals surface area contributed by atoms with E-state index in [9.17, 15) is 19.2 Å². The molecule has 0 atom stereocenters. The monoisotopic (exact) mass is 458 g/mol. The van der Waals surface area contributed by atoms with E-state index >= 15 is 0 Å². The fourth-order valence-corrected chi connectivity index (χ4v) is 8.27. The maximum Gasteiger partial charge on any atom is 0.194 e. The molecule has 4 rings (SSSR count). The van der Waals surface area contributed by atoms with Gasteiger partial charge in [0, 0.05) is 33.4 Å². The average molecular weight is 459 g/mol. The van der Waals surface area contributed by atoms with Gasteiger partial charge in [0.05, 0.1) is 16.1 Å². The molecular formula is C26H26O4Si2. The summed E-state index contributed by atoms with van der Waals surface area (Å²) in [5, 5.41) is 0.875. The van der Waals surface area contributed by atoms with Gasteiger partial charge < -0.3 is 0 Å². The Morgan fingerprint density at radius 3 is 0.938 bits per heavy atom. The van der Waals surface area contributed by atoms with Crippen LogP contribution in [0.15, 0.2) is 70.1 Å². The van der Waals surface area contributed by atoms with Gasteiger partial charge in [-0.1, -0.05) is 87.8 Å². The standard InChI is InChI=1S/C26H26O4Si2/c1-31(2,3)25-19(21(27)15-11-7-9-13-17(15)23(25)29)20-22(28)16-12-8-10-14-18(16)24(30)26(20)32(4,5)6/h7-14H,1-6H3. The number of Topliss-reactive ketones (excluding diaryl/α,β-unsaturated/α-hetero) is 4. The van der Waals surface area contributed by atoms with Crippen LogP contribution in [-0.4, -0.2) is 39.3 Å². The van der Waals surface area contributed by atoms with Crippen molar-refractivity contribution < 1.29 is 19.2 Å². The maximum atomic E-state index is 13.9. The molecular weight excluding hydrogens is 432 g/mol. The van der Waals surface area contributed by atoms with Gasteiger partial charge in [-0.2, -0.15) is 0 Å². The topological polar surface area (TPSA) is 68.3 Å². The van der Waals surface area contributed by atoms with E-state index in [4.69, 9.17) is 0 Å². The van der Waals surface area contributed by atoms with Crippen LogP contribution in [0, 0.1) is 0 Å². The number of carbonyl (C=O) groups is 4. The fourth-order valence-electron chi connectivity index (χ4n) is 4.66. The molecule has 0 saturated carbocycles. The third kappa shape index (κ3) is 3.25. The molecule has 2 aromatic rings. The first kappa shape index (κ1) is 22.2. The summed E-state index contributed by atoms with van der Waals surface area (Å²) in [5.74, 6) is -1.06. The van der Waals surface area contributed by atoms with Crippen LogP contribution in [0.5, 0.6) is 0 Å². The molecule has 0 radical (unpaired) electrons. The molecule has 2 aliphatic rings. The van der Waals surface area contributed by atoms with Crippen LogP contribution in [-0.2, 0) is 0 Å². The summed E-state index contributed by atoms with van der Waals surface area (Å²) in [6.45, 7) is 12.0. The zero-order chi connectivity index (χ0) is 23.6. The summed E-state index contributed by atoms with van der Waals surface area (Å²) < 4.78 is 0. The maximum absolute atomic E-state index is 13.9. The van der Waals surface area contributed by atoms with Gasteiger partial charge in [0.2, 0.25) is 0 Å². The van der Waals surface area contributed by atoms with Crippen LogP contribution >= 0.6 is 0 Å². The zero-order valence-electron chi connectivity index (χ0n) is 19.3. The second kappa shape index (κ2) is 7.28. The Kier molecular flexibility index (Phi) is 5.06. The van der Waals surface area contributed by atoms with Gasteiger partial charge in [0.25, 0.3) is 0 Å². The third-order valence-electron chi connectivity index (χ3n) is 5.99. The number of allylic oxidation sites excluding steroid dienone is 4. The Morgan fingerprint density at radius 1 is 0.438 bits per heavy atom. The van der Waals surface area contributed by atoms with E-state index in [2.05, 4.69) is 0 Å². The number of rotatable bonds is 3. The highest BCUT2D eigenvalue weighted by Gasteiger charge is 2.46. The molecule has 2 aromatic carbocycles. The minimum absolute atomic E-state index is 0.165. The lowest BCUT2D eigenvalue weighted by Gasteiger charge is -2.34. The van der Waals surface area contributed by atoms with E-state index in [-0.39, 0.29) is 34.3 Å². The summed E-state index contributed by atoms with van der Waals surface area (Å²) in [4.78, 5) is 55.1. The molecule has 0 saturated heterocycles. The van der Waals surface area contributed by atoms with Crippen molar-refractivity contribution in [2.45, 2.75) is 39.3 Å². The molecule has 0 unspecified atom stereocenters. The minimum atomic E-state index is -2.38. The lowest BCUT2D eigenvalue weighted by Crippen LogP contribution is -2.42. The smallest absolute Gasteiger partial charge is 0.194 e. The highest BCUT2D eigenvalue weighted by Crippen LogP contribution is 2.41. The molecule has 0 aromatic heterocycles. The van der Waals surface area contributed by atoms with Crippen LogP contribution in [0.2, 0.25) is 39.3 Å². The molecule has 0 heterocycles. The van der Waals surface area contributed by atoms with Crippen molar-refractivity contribution in [2.24, 2.45) is 0 Å². The lowest BCUT2D eigenvalue weighted by molar-refractivity contribution is 0.0958. The van der Waals surface area contributed by atoms with Crippen molar-refractivity contribution in [1.29, 1.82) is 0 Å². The predicted octanol–water partition coefficient (Wildman–Crippen LogP) is 5.49. The number of ketones is 4. The van der Waals surface area contributed by atoms with Gasteiger partial charge in [-0.3, -0.25) is 19.2 Å². The second-order valence-electron chi connectivity index (χ2n) is 10.4. The van der Waals surface area contributed by atoms with E-state index in [1.807, 2.05) is 39.3 Å². The first-order chi connectivity index (χ1) is 14.9. The molecule has 0 fully saturated rings. The number of fused-ring (bicyclic) bond motifs is 2. The SMILES string of the molecule is C[Si](C)(C)C1=C(C2=C([Si](C)(C)C)C(=O)c3ccccc3C2=O)C(=O)c2ccccc2C1=O. The zero-order valence-corrected chi connectivity index (χ0v) is 21.3. The number of hydrogen-bond acceptors (Lipinski definition) is 4. The molecule has 32 heavy (non-hydrogen) atoms. The van der Waals surface area contributed by atoms with E-state index < -0.39 is 16.1 Å². The van der Waals surface area contributed by atoms with Crippen LogP contribution in [0.1, 0.15) is 41.4 Å². The number of hydrogen-bond donors (Lipinski definition) is 0. The first-order valence-corrected chi connectivity index (χ1v) is 17.7. The molecule has 6 heteroatoms. The predicted molar refractivity (Wildman–Crippen MR) is 131 cm³/mol. The molecule has 0 aliphatic heterocycles. The van der Waals surface area contributed by atoms with Crippen LogP contribution < -0.4 is 0 Å². The average Bonchev–Trinajstić information content (AvgIpc) is 2.71. The highest BCUT2D eigenvalue weighted by atomic mass is 28.3. The molecule has 0 spiro atoms. The fraction of sp³-hybridized carbons (Fsp3) is 0.231. The molecule has 0 N–H and O–H groups in total. The van der Waals surface area contributed by atoms with Crippen LogP contribution in [0.3, 0.4) is 0 Å². The van der Waals surface area contributed by atoms with Crippen molar-refractivity contribution in [3.05, 3.63) is 92.3 Å². The van der Waals surface area contributed by atoms with E-state index in [1.54, 1.807) is 48.5 Å². The van der Waals surface area contributed by atoms with Gasteiger partial charge in [0.1, 0.15) is 0 Å². The summed E-state index contributed by atoms with van der Waals surface area (Å²) in [5.41, 5.74) is 1.69. The van der Waals surface area contributed by atoms with Crippen molar-refractivity contribution in [2.75, 3.05) is 0 Å². The largest absolute Gasteiger partial charge is 0.289 e. The first-order valence-electron chi connectivity index (χ1n) is 10.7. The van der Waals surface area contributed by atoms with E-state index in [1.165, 1.54) is 0 Å². The highest BCUT2D eigenvalue weighted by molar-refractivity contribution is 6.90. The van der Waals surface area contributed by atoms with Crippen molar-refractivity contribution in [3.8, 4) is 0 Å². The molecule has 162 valence electrons.